The van der Waals surface area contributed by atoms with Crippen LogP contribution in [0.5, 0.6) is 5.75 Å². The van der Waals surface area contributed by atoms with E-state index in [0.717, 1.165) is 13.1 Å². The number of hydrogen-bond donors (Lipinski definition) is 1. The number of alkyl halides is 2. The molecule has 0 spiro atoms. The Labute approximate surface area is 206 Å². The molecule has 2 aromatic carbocycles. The van der Waals surface area contributed by atoms with E-state index in [0.29, 0.717) is 42.8 Å². The van der Waals surface area contributed by atoms with E-state index in [1.165, 1.54) is 23.9 Å². The predicted molar refractivity (Wildman–Crippen MR) is 130 cm³/mol. The van der Waals surface area contributed by atoms with Gasteiger partial charge in [-0.2, -0.15) is 8.78 Å². The topological polar surface area (TPSA) is 83.5 Å². The number of ether oxygens (including phenoxy) is 2. The van der Waals surface area contributed by atoms with Crippen LogP contribution in [0.4, 0.5) is 20.2 Å². The van der Waals surface area contributed by atoms with E-state index in [2.05, 4.69) is 19.9 Å². The zero-order valence-corrected chi connectivity index (χ0v) is 19.8. The SMILES string of the molecule is O=C(C[C@@H]1SC(=Nc2ccc(OC(F)F)cc2)N(CCN2CCOCC2)C1=O)Nc1ccccc1. The average Bonchev–Trinajstić information content (AvgIpc) is 3.13. The van der Waals surface area contributed by atoms with Crippen LogP contribution in [-0.4, -0.2) is 78.0 Å². The van der Waals surface area contributed by atoms with Crippen molar-refractivity contribution >= 4 is 40.1 Å². The Morgan fingerprint density at radius 2 is 1.83 bits per heavy atom. The summed E-state index contributed by atoms with van der Waals surface area (Å²) >= 11 is 1.23. The van der Waals surface area contributed by atoms with Gasteiger partial charge in [0.25, 0.3) is 0 Å². The molecule has 2 amide bonds. The summed E-state index contributed by atoms with van der Waals surface area (Å²) in [5.74, 6) is -0.411. The summed E-state index contributed by atoms with van der Waals surface area (Å²) < 4.78 is 34.6. The molecular formula is C24H26F2N4O4S. The zero-order chi connectivity index (χ0) is 24.6. The minimum Gasteiger partial charge on any atom is -0.435 e. The molecule has 11 heteroatoms. The number of nitrogens with one attached hydrogen (secondary N) is 1. The molecule has 0 unspecified atom stereocenters. The molecule has 186 valence electrons. The lowest BCUT2D eigenvalue weighted by Gasteiger charge is -2.28. The van der Waals surface area contributed by atoms with Crippen molar-refractivity contribution in [3.05, 3.63) is 54.6 Å². The summed E-state index contributed by atoms with van der Waals surface area (Å²) in [6, 6.07) is 15.0. The van der Waals surface area contributed by atoms with Gasteiger partial charge in [0.1, 0.15) is 11.0 Å². The number of para-hydroxylation sites is 1. The quantitative estimate of drug-likeness (QED) is 0.562. The fourth-order valence-electron chi connectivity index (χ4n) is 3.71. The van der Waals surface area contributed by atoms with Gasteiger partial charge >= 0.3 is 6.61 Å². The molecule has 0 aromatic heterocycles. The van der Waals surface area contributed by atoms with E-state index in [1.54, 1.807) is 29.2 Å². The van der Waals surface area contributed by atoms with Crippen LogP contribution in [0.15, 0.2) is 59.6 Å². The molecule has 4 rings (SSSR count). The van der Waals surface area contributed by atoms with Gasteiger partial charge < -0.3 is 14.8 Å². The van der Waals surface area contributed by atoms with Crippen molar-refractivity contribution in [2.45, 2.75) is 18.3 Å². The van der Waals surface area contributed by atoms with Gasteiger partial charge in [-0.1, -0.05) is 30.0 Å². The number of nitrogens with zero attached hydrogens (tertiary/aromatic N) is 3. The maximum Gasteiger partial charge on any atom is 0.387 e. The number of benzene rings is 2. The van der Waals surface area contributed by atoms with Crippen LogP contribution in [0.25, 0.3) is 0 Å². The molecular weight excluding hydrogens is 478 g/mol. The monoisotopic (exact) mass is 504 g/mol. The van der Waals surface area contributed by atoms with E-state index >= 15 is 0 Å². The molecule has 2 heterocycles. The van der Waals surface area contributed by atoms with Gasteiger partial charge in [-0.25, -0.2) is 4.99 Å². The number of hydrogen-bond acceptors (Lipinski definition) is 7. The molecule has 1 N–H and O–H groups in total. The molecule has 1 atom stereocenters. The summed E-state index contributed by atoms with van der Waals surface area (Å²) in [5.41, 5.74) is 1.16. The van der Waals surface area contributed by atoms with Gasteiger partial charge in [0.15, 0.2) is 5.17 Å². The number of morpholine rings is 1. The lowest BCUT2D eigenvalue weighted by molar-refractivity contribution is -0.128. The Kier molecular flexibility index (Phi) is 8.67. The largest absolute Gasteiger partial charge is 0.435 e. The summed E-state index contributed by atoms with van der Waals surface area (Å²) in [5, 5.41) is 2.68. The van der Waals surface area contributed by atoms with Gasteiger partial charge in [-0.3, -0.25) is 19.4 Å². The first-order chi connectivity index (χ1) is 17.0. The third kappa shape index (κ3) is 7.23. The van der Waals surface area contributed by atoms with Gasteiger partial charge in [0.2, 0.25) is 11.8 Å². The highest BCUT2D eigenvalue weighted by Crippen LogP contribution is 2.32. The summed E-state index contributed by atoms with van der Waals surface area (Å²) in [7, 11) is 0. The van der Waals surface area contributed by atoms with E-state index in [9.17, 15) is 18.4 Å². The van der Waals surface area contributed by atoms with Crippen molar-refractivity contribution in [1.82, 2.24) is 9.80 Å². The number of halogens is 2. The zero-order valence-electron chi connectivity index (χ0n) is 18.9. The van der Waals surface area contributed by atoms with Crippen LogP contribution in [0.3, 0.4) is 0 Å². The first kappa shape index (κ1) is 25.1. The average molecular weight is 505 g/mol. The fraction of sp³-hybridized carbons (Fsp3) is 0.375. The highest BCUT2D eigenvalue weighted by molar-refractivity contribution is 8.15. The van der Waals surface area contributed by atoms with Crippen molar-refractivity contribution in [2.75, 3.05) is 44.7 Å². The third-order valence-corrected chi connectivity index (χ3v) is 6.65. The standard InChI is InChI=1S/C24H26F2N4O4S/c25-23(26)34-19-8-6-18(7-9-19)28-24-30(11-10-29-12-14-33-15-13-29)22(32)20(35-24)16-21(31)27-17-4-2-1-3-5-17/h1-9,20,23H,10-16H2,(H,27,31)/t20-/m0/s1. The highest BCUT2D eigenvalue weighted by atomic mass is 32.2. The molecule has 2 aliphatic rings. The summed E-state index contributed by atoms with van der Waals surface area (Å²) in [6.45, 7) is 1.05. The molecule has 0 radical (unpaired) electrons. The van der Waals surface area contributed by atoms with Crippen LogP contribution in [0, 0.1) is 0 Å². The maximum atomic E-state index is 13.2. The van der Waals surface area contributed by atoms with Crippen molar-refractivity contribution < 1.29 is 27.8 Å². The Bertz CT molecular complexity index is 1030. The number of amides is 2. The minimum absolute atomic E-state index is 0.00658. The van der Waals surface area contributed by atoms with Crippen molar-refractivity contribution in [2.24, 2.45) is 4.99 Å². The smallest absolute Gasteiger partial charge is 0.387 e. The Morgan fingerprint density at radius 1 is 1.11 bits per heavy atom. The highest BCUT2D eigenvalue weighted by Gasteiger charge is 2.39. The van der Waals surface area contributed by atoms with Crippen molar-refractivity contribution in [3.63, 3.8) is 0 Å². The molecule has 35 heavy (non-hydrogen) atoms. The number of amidine groups is 1. The first-order valence-corrected chi connectivity index (χ1v) is 12.1. The van der Waals surface area contributed by atoms with Gasteiger partial charge in [-0.15, -0.1) is 0 Å². The van der Waals surface area contributed by atoms with E-state index in [4.69, 9.17) is 4.74 Å². The van der Waals surface area contributed by atoms with Gasteiger partial charge in [-0.05, 0) is 36.4 Å². The van der Waals surface area contributed by atoms with E-state index in [1.807, 2.05) is 18.2 Å². The van der Waals surface area contributed by atoms with Crippen LogP contribution in [0.2, 0.25) is 0 Å². The number of aliphatic imine (C=N–C) groups is 1. The molecule has 2 aromatic rings. The summed E-state index contributed by atoms with van der Waals surface area (Å²) in [6.07, 6.45) is 0.00658. The second-order valence-corrected chi connectivity index (χ2v) is 9.11. The molecule has 2 fully saturated rings. The number of thioether (sulfide) groups is 1. The fourth-order valence-corrected chi connectivity index (χ4v) is 4.90. The van der Waals surface area contributed by atoms with Crippen LogP contribution in [0.1, 0.15) is 6.42 Å². The molecule has 0 aliphatic carbocycles. The van der Waals surface area contributed by atoms with Crippen LogP contribution in [-0.2, 0) is 14.3 Å². The lowest BCUT2D eigenvalue weighted by atomic mass is 10.2. The maximum absolute atomic E-state index is 13.2. The van der Waals surface area contributed by atoms with Crippen molar-refractivity contribution in [1.29, 1.82) is 0 Å². The second-order valence-electron chi connectivity index (χ2n) is 7.94. The van der Waals surface area contributed by atoms with E-state index in [-0.39, 0.29) is 24.0 Å². The van der Waals surface area contributed by atoms with Crippen LogP contribution < -0.4 is 10.1 Å². The molecule has 2 aliphatic heterocycles. The van der Waals surface area contributed by atoms with Crippen LogP contribution >= 0.6 is 11.8 Å². The second kappa shape index (κ2) is 12.1. The molecule has 8 nitrogen and oxygen atoms in total. The minimum atomic E-state index is -2.91. The normalized spacial score (nSPS) is 20.0. The van der Waals surface area contributed by atoms with Gasteiger partial charge in [0, 0.05) is 38.3 Å². The lowest BCUT2D eigenvalue weighted by Crippen LogP contribution is -2.43. The third-order valence-electron chi connectivity index (χ3n) is 5.48. The van der Waals surface area contributed by atoms with Gasteiger partial charge in [0.05, 0.1) is 18.9 Å². The number of carbonyl (C=O) groups is 2. The Morgan fingerprint density at radius 3 is 2.51 bits per heavy atom. The first-order valence-electron chi connectivity index (χ1n) is 11.2. The summed E-state index contributed by atoms with van der Waals surface area (Å²) in [4.78, 5) is 34.2. The molecule has 2 saturated heterocycles. The number of rotatable bonds is 9. The van der Waals surface area contributed by atoms with E-state index < -0.39 is 11.9 Å². The van der Waals surface area contributed by atoms with Crippen molar-refractivity contribution in [3.8, 4) is 5.75 Å². The number of carbonyl (C=O) groups excluding carboxylic acids is 2. The predicted octanol–water partition coefficient (Wildman–Crippen LogP) is 3.58. The molecule has 0 bridgehead atoms. The Hall–Kier alpha value is -3.02. The Balaban J connectivity index is 1.46. The molecule has 0 saturated carbocycles. The number of anilines is 1.